The molecular weight excluding hydrogens is 368 g/mol. The first-order valence-corrected chi connectivity index (χ1v) is 10.1. The Balaban J connectivity index is 1.75. The summed E-state index contributed by atoms with van der Waals surface area (Å²) in [7, 11) is 3.65. The molecule has 1 fully saturated rings. The molecule has 2 aromatic rings. The Morgan fingerprint density at radius 3 is 2.86 bits per heavy atom. The van der Waals surface area contributed by atoms with Crippen LogP contribution in [-0.4, -0.2) is 47.1 Å². The number of aromatic nitrogens is 3. The largest absolute Gasteiger partial charge is 0.496 e. The van der Waals surface area contributed by atoms with Gasteiger partial charge in [0.25, 0.3) is 0 Å². The van der Waals surface area contributed by atoms with Crippen molar-refractivity contribution in [1.82, 2.24) is 25.4 Å². The predicted molar refractivity (Wildman–Crippen MR) is 113 cm³/mol. The molecule has 2 N–H and O–H groups in total. The number of hydrogen-bond acceptors (Lipinski definition) is 5. The second-order valence-electron chi connectivity index (χ2n) is 7.51. The minimum Gasteiger partial charge on any atom is -0.496 e. The fourth-order valence-corrected chi connectivity index (χ4v) is 3.38. The van der Waals surface area contributed by atoms with E-state index < -0.39 is 0 Å². The molecule has 0 saturated carbocycles. The topological polar surface area (TPSA) is 85.6 Å². The van der Waals surface area contributed by atoms with E-state index in [-0.39, 0.29) is 12.1 Å². The van der Waals surface area contributed by atoms with E-state index in [1.54, 1.807) is 7.11 Å². The lowest BCUT2D eigenvalue weighted by Gasteiger charge is -2.22. The maximum Gasteiger partial charge on any atom is 0.192 e. The maximum absolute atomic E-state index is 5.74. The summed E-state index contributed by atoms with van der Waals surface area (Å²) < 4.78 is 13.2. The van der Waals surface area contributed by atoms with Gasteiger partial charge in [-0.3, -0.25) is 0 Å². The summed E-state index contributed by atoms with van der Waals surface area (Å²) >= 11 is 0. The summed E-state index contributed by atoms with van der Waals surface area (Å²) in [6, 6.07) is 6.21. The summed E-state index contributed by atoms with van der Waals surface area (Å²) in [5, 5.41) is 15.2. The van der Waals surface area contributed by atoms with Crippen molar-refractivity contribution in [2.75, 3.05) is 20.3 Å². The van der Waals surface area contributed by atoms with Crippen LogP contribution in [0.15, 0.2) is 23.2 Å². The molecule has 1 aliphatic rings. The monoisotopic (exact) mass is 400 g/mol. The van der Waals surface area contributed by atoms with Crippen LogP contribution in [0.2, 0.25) is 0 Å². The van der Waals surface area contributed by atoms with E-state index in [0.29, 0.717) is 6.54 Å². The average molecular weight is 401 g/mol. The number of aryl methyl sites for hydroxylation is 2. The number of nitrogens with zero attached hydrogens (tertiary/aromatic N) is 4. The minimum absolute atomic E-state index is 0.0156. The highest BCUT2D eigenvalue weighted by Gasteiger charge is 2.18. The average Bonchev–Trinajstić information content (AvgIpc) is 3.34. The zero-order valence-corrected chi connectivity index (χ0v) is 18.0. The van der Waals surface area contributed by atoms with E-state index >= 15 is 0 Å². The summed E-state index contributed by atoms with van der Waals surface area (Å²) in [4.78, 5) is 4.75. The molecule has 1 aromatic heterocycles. The molecule has 0 aliphatic carbocycles. The fraction of sp³-hybridized carbons (Fsp3) is 0.571. The highest BCUT2D eigenvalue weighted by molar-refractivity contribution is 5.80. The molecule has 29 heavy (non-hydrogen) atoms. The summed E-state index contributed by atoms with van der Waals surface area (Å²) in [6.45, 7) is 8.11. The number of nitrogens with one attached hydrogen (secondary N) is 2. The molecule has 0 amide bonds. The Kier molecular flexibility index (Phi) is 7.09. The number of hydrogen-bond donors (Lipinski definition) is 2. The molecule has 0 spiro atoms. The maximum atomic E-state index is 5.74. The molecular formula is C21H32N6O2. The third kappa shape index (κ3) is 5.47. The Morgan fingerprint density at radius 2 is 2.21 bits per heavy atom. The van der Waals surface area contributed by atoms with E-state index in [1.807, 2.05) is 24.6 Å². The van der Waals surface area contributed by atoms with Crippen LogP contribution in [0.25, 0.3) is 0 Å². The highest BCUT2D eigenvalue weighted by atomic mass is 16.5. The Hall–Kier alpha value is -2.61. The van der Waals surface area contributed by atoms with Crippen molar-refractivity contribution in [3.05, 3.63) is 41.0 Å². The SMILES string of the molecule is COc1ccc(C)cc1C(C)NC(=NCc1nnc(C)n1C)NCC1CCCO1. The molecule has 3 rings (SSSR count). The smallest absolute Gasteiger partial charge is 0.192 e. The molecule has 8 nitrogen and oxygen atoms in total. The second kappa shape index (κ2) is 9.73. The zero-order chi connectivity index (χ0) is 20.8. The van der Waals surface area contributed by atoms with Crippen molar-refractivity contribution < 1.29 is 9.47 Å². The first kappa shape index (κ1) is 21.1. The molecule has 2 heterocycles. The van der Waals surface area contributed by atoms with E-state index in [0.717, 1.165) is 54.9 Å². The minimum atomic E-state index is 0.0156. The van der Waals surface area contributed by atoms with Gasteiger partial charge in [0.05, 0.1) is 19.3 Å². The molecule has 2 atom stereocenters. The summed E-state index contributed by atoms with van der Waals surface area (Å²) in [5.74, 6) is 3.27. The molecule has 2 unspecified atom stereocenters. The first-order valence-electron chi connectivity index (χ1n) is 10.1. The lowest BCUT2D eigenvalue weighted by Crippen LogP contribution is -2.42. The van der Waals surface area contributed by atoms with Crippen molar-refractivity contribution in [3.63, 3.8) is 0 Å². The van der Waals surface area contributed by atoms with Crippen molar-refractivity contribution in [3.8, 4) is 5.75 Å². The number of methoxy groups -OCH3 is 1. The molecule has 158 valence electrons. The lowest BCUT2D eigenvalue weighted by molar-refractivity contribution is 0.113. The fourth-order valence-electron chi connectivity index (χ4n) is 3.38. The Labute approximate surface area is 172 Å². The molecule has 1 aliphatic heterocycles. The van der Waals surface area contributed by atoms with Gasteiger partial charge >= 0.3 is 0 Å². The van der Waals surface area contributed by atoms with Gasteiger partial charge in [-0.15, -0.1) is 10.2 Å². The predicted octanol–water partition coefficient (Wildman–Crippen LogP) is 2.42. The van der Waals surface area contributed by atoms with E-state index in [4.69, 9.17) is 14.5 Å². The highest BCUT2D eigenvalue weighted by Crippen LogP contribution is 2.26. The van der Waals surface area contributed by atoms with Gasteiger partial charge in [-0.05, 0) is 39.7 Å². The van der Waals surface area contributed by atoms with Gasteiger partial charge in [0.2, 0.25) is 0 Å². The van der Waals surface area contributed by atoms with Crippen LogP contribution in [0.3, 0.4) is 0 Å². The third-order valence-electron chi connectivity index (χ3n) is 5.29. The second-order valence-corrected chi connectivity index (χ2v) is 7.51. The van der Waals surface area contributed by atoms with E-state index in [9.17, 15) is 0 Å². The van der Waals surface area contributed by atoms with E-state index in [1.165, 1.54) is 5.56 Å². The van der Waals surface area contributed by atoms with Gasteiger partial charge in [0.15, 0.2) is 11.8 Å². The quantitative estimate of drug-likeness (QED) is 0.548. The van der Waals surface area contributed by atoms with Crippen LogP contribution in [0, 0.1) is 13.8 Å². The van der Waals surface area contributed by atoms with Gasteiger partial charge in [0, 0.05) is 25.8 Å². The number of rotatable bonds is 7. The van der Waals surface area contributed by atoms with Gasteiger partial charge in [-0.2, -0.15) is 0 Å². The number of aliphatic imine (C=N–C) groups is 1. The molecule has 8 heteroatoms. The van der Waals surface area contributed by atoms with Crippen molar-refractivity contribution in [2.45, 2.75) is 52.3 Å². The normalized spacial score (nSPS) is 18.0. The van der Waals surface area contributed by atoms with Crippen molar-refractivity contribution >= 4 is 5.96 Å². The van der Waals surface area contributed by atoms with Gasteiger partial charge in [-0.25, -0.2) is 4.99 Å². The van der Waals surface area contributed by atoms with E-state index in [2.05, 4.69) is 46.8 Å². The van der Waals surface area contributed by atoms with Gasteiger partial charge in [-0.1, -0.05) is 17.7 Å². The molecule has 1 saturated heterocycles. The molecule has 1 aromatic carbocycles. The van der Waals surface area contributed by atoms with Crippen LogP contribution in [0.1, 0.15) is 48.6 Å². The lowest BCUT2D eigenvalue weighted by atomic mass is 10.0. The molecule has 0 radical (unpaired) electrons. The zero-order valence-electron chi connectivity index (χ0n) is 18.0. The standard InChI is InChI=1S/C21H32N6O2/c1-14-8-9-19(28-5)18(11-14)15(2)24-21(22-12-17-7-6-10-29-17)23-13-20-26-25-16(3)27(20)4/h8-9,11,15,17H,6-7,10,12-13H2,1-5H3,(H2,22,23,24). The first-order chi connectivity index (χ1) is 14.0. The van der Waals surface area contributed by atoms with Gasteiger partial charge < -0.3 is 24.7 Å². The Bertz CT molecular complexity index is 842. The summed E-state index contributed by atoms with van der Waals surface area (Å²) in [6.07, 6.45) is 2.41. The third-order valence-corrected chi connectivity index (χ3v) is 5.29. The Morgan fingerprint density at radius 1 is 1.38 bits per heavy atom. The molecule has 0 bridgehead atoms. The van der Waals surface area contributed by atoms with Crippen LogP contribution in [0.5, 0.6) is 5.75 Å². The number of benzene rings is 1. The van der Waals surface area contributed by atoms with Crippen molar-refractivity contribution in [2.24, 2.45) is 12.0 Å². The van der Waals surface area contributed by atoms with Crippen LogP contribution in [-0.2, 0) is 18.3 Å². The van der Waals surface area contributed by atoms with Crippen LogP contribution < -0.4 is 15.4 Å². The summed E-state index contributed by atoms with van der Waals surface area (Å²) in [5.41, 5.74) is 2.28. The van der Waals surface area contributed by atoms with Crippen molar-refractivity contribution in [1.29, 1.82) is 0 Å². The van der Waals surface area contributed by atoms with Crippen LogP contribution in [0.4, 0.5) is 0 Å². The number of guanidine groups is 1. The van der Waals surface area contributed by atoms with Gasteiger partial charge in [0.1, 0.15) is 18.1 Å². The number of ether oxygens (including phenoxy) is 2. The van der Waals surface area contributed by atoms with Crippen LogP contribution >= 0.6 is 0 Å².